The third-order valence-corrected chi connectivity index (χ3v) is 3.92. The third kappa shape index (κ3) is 2.16. The van der Waals surface area contributed by atoms with Crippen LogP contribution in [0.4, 0.5) is 28.2 Å². The molecular weight excluding hydrogens is 294 g/mol. The summed E-state index contributed by atoms with van der Waals surface area (Å²) >= 11 is 0. The molecule has 0 aliphatic carbocycles. The van der Waals surface area contributed by atoms with Gasteiger partial charge >= 0.3 is 12.3 Å². The van der Waals surface area contributed by atoms with Gasteiger partial charge in [0.15, 0.2) is 0 Å². The van der Waals surface area contributed by atoms with Gasteiger partial charge in [0.25, 0.3) is 0 Å². The van der Waals surface area contributed by atoms with Crippen molar-refractivity contribution < 1.29 is 27.5 Å². The predicted molar refractivity (Wildman–Crippen MR) is 63.8 cm³/mol. The Kier molecular flexibility index (Phi) is 2.96. The van der Waals surface area contributed by atoms with E-state index in [4.69, 9.17) is 5.11 Å². The highest BCUT2D eigenvalue weighted by Crippen LogP contribution is 2.37. The van der Waals surface area contributed by atoms with Crippen LogP contribution in [0.3, 0.4) is 0 Å². The molecule has 0 radical (unpaired) electrons. The minimum absolute atomic E-state index is 0.00639. The summed E-state index contributed by atoms with van der Waals surface area (Å²) in [5.41, 5.74) is -0.860. The summed E-state index contributed by atoms with van der Waals surface area (Å²) in [7, 11) is 0. The molecule has 1 aromatic rings. The van der Waals surface area contributed by atoms with Crippen molar-refractivity contribution in [3.63, 3.8) is 0 Å². The highest BCUT2D eigenvalue weighted by atomic mass is 19.4. The minimum atomic E-state index is -4.50. The molecule has 114 valence electrons. The predicted octanol–water partition coefficient (Wildman–Crippen LogP) is 1.99. The van der Waals surface area contributed by atoms with Gasteiger partial charge in [-0.25, -0.2) is 14.2 Å². The average Bonchev–Trinajstić information content (AvgIpc) is 2.91. The lowest BCUT2D eigenvalue weighted by Crippen LogP contribution is -2.48. The number of carboxylic acid groups (broad SMARTS) is 1. The van der Waals surface area contributed by atoms with Crippen molar-refractivity contribution in [1.29, 1.82) is 0 Å². The van der Waals surface area contributed by atoms with Crippen LogP contribution in [0.1, 0.15) is 5.56 Å². The summed E-state index contributed by atoms with van der Waals surface area (Å²) in [4.78, 5) is 17.2. The van der Waals surface area contributed by atoms with Gasteiger partial charge in [0.2, 0.25) is 0 Å². The van der Waals surface area contributed by atoms with Gasteiger partial charge in [-0.2, -0.15) is 13.2 Å². The Labute approximate surface area is 116 Å². The van der Waals surface area contributed by atoms with Crippen molar-refractivity contribution in [2.75, 3.05) is 18.0 Å². The van der Waals surface area contributed by atoms with Gasteiger partial charge in [0.1, 0.15) is 12.0 Å². The average molecular weight is 305 g/mol. The van der Waals surface area contributed by atoms with Crippen LogP contribution in [0, 0.1) is 0 Å². The van der Waals surface area contributed by atoms with Crippen LogP contribution in [0.25, 0.3) is 0 Å². The van der Waals surface area contributed by atoms with E-state index >= 15 is 0 Å². The van der Waals surface area contributed by atoms with E-state index in [1.54, 1.807) is 0 Å². The number of halogens is 4. The smallest absolute Gasteiger partial charge is 0.416 e. The molecule has 0 aromatic carbocycles. The SMILES string of the molecule is O=C(O)N1CC2C(F)C1CN2c1cc(C(F)(F)F)ccn1. The van der Waals surface area contributed by atoms with Crippen molar-refractivity contribution in [2.45, 2.75) is 24.4 Å². The molecule has 21 heavy (non-hydrogen) atoms. The van der Waals surface area contributed by atoms with Crippen molar-refractivity contribution >= 4 is 11.9 Å². The van der Waals surface area contributed by atoms with Gasteiger partial charge in [-0.05, 0) is 12.1 Å². The number of hydrogen-bond donors (Lipinski definition) is 1. The molecule has 1 amide bonds. The van der Waals surface area contributed by atoms with Crippen LogP contribution in [0.15, 0.2) is 18.3 Å². The molecule has 2 bridgehead atoms. The molecule has 3 heterocycles. The second kappa shape index (κ2) is 4.47. The van der Waals surface area contributed by atoms with Crippen LogP contribution in [0.5, 0.6) is 0 Å². The monoisotopic (exact) mass is 305 g/mol. The van der Waals surface area contributed by atoms with E-state index in [9.17, 15) is 22.4 Å². The minimum Gasteiger partial charge on any atom is -0.465 e. The topological polar surface area (TPSA) is 56.7 Å². The fourth-order valence-corrected chi connectivity index (χ4v) is 2.91. The maximum absolute atomic E-state index is 14.1. The summed E-state index contributed by atoms with van der Waals surface area (Å²) in [5.74, 6) is 0.0185. The number of likely N-dealkylation sites (tertiary alicyclic amines) is 1. The Morgan fingerprint density at radius 3 is 2.57 bits per heavy atom. The first-order valence-corrected chi connectivity index (χ1v) is 6.22. The van der Waals surface area contributed by atoms with E-state index in [0.29, 0.717) is 0 Å². The Hall–Kier alpha value is -2.06. The second-order valence-electron chi connectivity index (χ2n) is 5.07. The number of alkyl halides is 4. The molecule has 2 saturated heterocycles. The molecule has 0 spiro atoms. The Morgan fingerprint density at radius 2 is 2.05 bits per heavy atom. The molecule has 3 rings (SSSR count). The first kappa shape index (κ1) is 13.9. The fourth-order valence-electron chi connectivity index (χ4n) is 2.91. The lowest BCUT2D eigenvalue weighted by molar-refractivity contribution is -0.137. The molecule has 9 heteroatoms. The number of nitrogens with zero attached hydrogens (tertiary/aromatic N) is 3. The van der Waals surface area contributed by atoms with Crippen molar-refractivity contribution in [1.82, 2.24) is 9.88 Å². The highest BCUT2D eigenvalue weighted by Gasteiger charge is 2.54. The third-order valence-electron chi connectivity index (χ3n) is 3.92. The Balaban J connectivity index is 1.86. The number of carbonyl (C=O) groups is 1. The zero-order valence-corrected chi connectivity index (χ0v) is 10.6. The number of rotatable bonds is 1. The number of amides is 1. The van der Waals surface area contributed by atoms with E-state index in [2.05, 4.69) is 4.98 Å². The van der Waals surface area contributed by atoms with Gasteiger partial charge in [0, 0.05) is 19.3 Å². The number of anilines is 1. The maximum Gasteiger partial charge on any atom is 0.416 e. The van der Waals surface area contributed by atoms with E-state index in [0.717, 1.165) is 23.2 Å². The molecular formula is C12H11F4N3O2. The van der Waals surface area contributed by atoms with Crippen molar-refractivity contribution in [3.05, 3.63) is 23.9 Å². The molecule has 2 aliphatic rings. The molecule has 1 aromatic heterocycles. The largest absolute Gasteiger partial charge is 0.465 e. The van der Waals surface area contributed by atoms with Gasteiger partial charge in [0.05, 0.1) is 17.6 Å². The fraction of sp³-hybridized carbons (Fsp3) is 0.500. The summed E-state index contributed by atoms with van der Waals surface area (Å²) in [5, 5.41) is 8.94. The standard InChI is InChI=1S/C12H11F4N3O2/c13-10-7-5-19(11(20)21)8(10)4-18(7)9-3-6(1-2-17-9)12(14,15)16/h1-3,7-8,10H,4-5H2,(H,20,21). The number of aromatic nitrogens is 1. The number of hydrogen-bond acceptors (Lipinski definition) is 3. The maximum atomic E-state index is 14.1. The lowest BCUT2D eigenvalue weighted by atomic mass is 10.2. The lowest BCUT2D eigenvalue weighted by Gasteiger charge is -2.32. The molecule has 0 saturated carbocycles. The van der Waals surface area contributed by atoms with Crippen molar-refractivity contribution in [2.24, 2.45) is 0 Å². The van der Waals surface area contributed by atoms with E-state index in [-0.39, 0.29) is 18.9 Å². The Bertz CT molecular complexity index is 580. The zero-order chi connectivity index (χ0) is 15.4. The molecule has 3 unspecified atom stereocenters. The van der Waals surface area contributed by atoms with Crippen LogP contribution >= 0.6 is 0 Å². The normalized spacial score (nSPS) is 28.3. The van der Waals surface area contributed by atoms with E-state index in [1.165, 1.54) is 4.90 Å². The van der Waals surface area contributed by atoms with Crippen LogP contribution in [-0.2, 0) is 6.18 Å². The Morgan fingerprint density at radius 1 is 1.33 bits per heavy atom. The molecule has 3 atom stereocenters. The molecule has 1 N–H and O–H groups in total. The number of pyridine rings is 1. The van der Waals surface area contributed by atoms with Gasteiger partial charge in [-0.15, -0.1) is 0 Å². The first-order chi connectivity index (χ1) is 9.79. The summed E-state index contributed by atoms with van der Waals surface area (Å²) in [6.07, 6.45) is -6.12. The van der Waals surface area contributed by atoms with Gasteiger partial charge in [-0.3, -0.25) is 4.90 Å². The number of fused-ring (bicyclic) bond motifs is 2. The quantitative estimate of drug-likeness (QED) is 0.806. The molecule has 2 fully saturated rings. The summed E-state index contributed by atoms with van der Waals surface area (Å²) in [6.45, 7) is -0.0640. The summed E-state index contributed by atoms with van der Waals surface area (Å²) in [6, 6.07) is 0.0539. The van der Waals surface area contributed by atoms with Crippen LogP contribution in [-0.4, -0.2) is 52.4 Å². The first-order valence-electron chi connectivity index (χ1n) is 6.22. The van der Waals surface area contributed by atoms with Crippen molar-refractivity contribution in [3.8, 4) is 0 Å². The van der Waals surface area contributed by atoms with Gasteiger partial charge in [-0.1, -0.05) is 0 Å². The van der Waals surface area contributed by atoms with Crippen LogP contribution < -0.4 is 4.90 Å². The van der Waals surface area contributed by atoms with Gasteiger partial charge < -0.3 is 10.0 Å². The van der Waals surface area contributed by atoms with Crippen LogP contribution in [0.2, 0.25) is 0 Å². The van der Waals surface area contributed by atoms with E-state index < -0.39 is 36.1 Å². The zero-order valence-electron chi connectivity index (χ0n) is 10.6. The molecule has 2 aliphatic heterocycles. The molecule has 5 nitrogen and oxygen atoms in total. The summed E-state index contributed by atoms with van der Waals surface area (Å²) < 4.78 is 52.1. The second-order valence-corrected chi connectivity index (χ2v) is 5.07. The highest BCUT2D eigenvalue weighted by molar-refractivity contribution is 5.68. The number of piperazine rings is 1. The van der Waals surface area contributed by atoms with E-state index in [1.807, 2.05) is 0 Å².